The number of unbranched alkanes of at least 4 members (excludes halogenated alkanes) is 3. The molecule has 0 N–H and O–H groups in total. The van der Waals surface area contributed by atoms with Crippen LogP contribution in [0.5, 0.6) is 0 Å². The molecule has 1 heterocycles. The number of hydrogen-bond donors (Lipinski definition) is 0. The first-order valence-electron chi connectivity index (χ1n) is 6.09. The van der Waals surface area contributed by atoms with E-state index in [2.05, 4.69) is 33.4 Å². The third-order valence-corrected chi connectivity index (χ3v) is 3.96. The van der Waals surface area contributed by atoms with Crippen molar-refractivity contribution in [2.45, 2.75) is 38.5 Å². The van der Waals surface area contributed by atoms with Gasteiger partial charge in [-0.3, -0.25) is 0 Å². The number of aryl methyl sites for hydroxylation is 1. The Bertz CT molecular complexity index is 236. The predicted molar refractivity (Wildman–Crippen MR) is 75.7 cm³/mol. The van der Waals surface area contributed by atoms with E-state index < -0.39 is 0 Å². The lowest BCUT2D eigenvalue weighted by Crippen LogP contribution is -1.98. The van der Waals surface area contributed by atoms with Gasteiger partial charge in [-0.05, 0) is 37.1 Å². The molecule has 0 aliphatic rings. The zero-order valence-corrected chi connectivity index (χ0v) is 12.2. The van der Waals surface area contributed by atoms with E-state index in [9.17, 15) is 0 Å². The maximum atomic E-state index is 5.61. The number of thiophene rings is 1. The highest BCUT2D eigenvalue weighted by Crippen LogP contribution is 2.10. The van der Waals surface area contributed by atoms with Crippen LogP contribution in [-0.2, 0) is 11.2 Å². The molecule has 0 spiro atoms. The number of rotatable bonds is 10. The SMILES string of the molecule is BrCCCCCCOCCCc1cccs1. The summed E-state index contributed by atoms with van der Waals surface area (Å²) in [6.45, 7) is 1.85. The molecule has 16 heavy (non-hydrogen) atoms. The molecular formula is C13H21BrOS. The summed E-state index contributed by atoms with van der Waals surface area (Å²) in [5, 5.41) is 3.27. The highest BCUT2D eigenvalue weighted by molar-refractivity contribution is 9.09. The maximum absolute atomic E-state index is 5.61. The normalized spacial score (nSPS) is 10.8. The van der Waals surface area contributed by atoms with Crippen molar-refractivity contribution in [1.29, 1.82) is 0 Å². The first-order valence-corrected chi connectivity index (χ1v) is 8.09. The highest BCUT2D eigenvalue weighted by Gasteiger charge is 1.94. The van der Waals surface area contributed by atoms with Gasteiger partial charge >= 0.3 is 0 Å². The van der Waals surface area contributed by atoms with E-state index in [1.807, 2.05) is 11.3 Å². The van der Waals surface area contributed by atoms with E-state index in [0.29, 0.717) is 0 Å². The number of alkyl halides is 1. The van der Waals surface area contributed by atoms with Gasteiger partial charge in [-0.1, -0.05) is 34.8 Å². The number of hydrogen-bond acceptors (Lipinski definition) is 2. The van der Waals surface area contributed by atoms with Crippen molar-refractivity contribution >= 4 is 27.3 Å². The summed E-state index contributed by atoms with van der Waals surface area (Å²) in [5.74, 6) is 0. The Morgan fingerprint density at radius 1 is 1.06 bits per heavy atom. The van der Waals surface area contributed by atoms with Crippen molar-refractivity contribution in [3.63, 3.8) is 0 Å². The summed E-state index contributed by atoms with van der Waals surface area (Å²) in [5.41, 5.74) is 0. The van der Waals surface area contributed by atoms with Crippen molar-refractivity contribution < 1.29 is 4.74 Å². The lowest BCUT2D eigenvalue weighted by atomic mass is 10.2. The van der Waals surface area contributed by atoms with Crippen LogP contribution in [0.4, 0.5) is 0 Å². The van der Waals surface area contributed by atoms with Crippen LogP contribution >= 0.6 is 27.3 Å². The molecule has 0 radical (unpaired) electrons. The topological polar surface area (TPSA) is 9.23 Å². The molecule has 0 aromatic carbocycles. The molecule has 3 heteroatoms. The second-order valence-corrected chi connectivity index (χ2v) is 5.72. The molecular weight excluding hydrogens is 284 g/mol. The molecule has 0 unspecified atom stereocenters. The van der Waals surface area contributed by atoms with E-state index in [4.69, 9.17) is 4.74 Å². The van der Waals surface area contributed by atoms with Crippen molar-refractivity contribution in [2.24, 2.45) is 0 Å². The van der Waals surface area contributed by atoms with Gasteiger partial charge in [0.15, 0.2) is 0 Å². The van der Waals surface area contributed by atoms with E-state index in [-0.39, 0.29) is 0 Å². The van der Waals surface area contributed by atoms with Gasteiger partial charge in [0.1, 0.15) is 0 Å². The summed E-state index contributed by atoms with van der Waals surface area (Å²) in [6.07, 6.45) is 7.45. The molecule has 0 bridgehead atoms. The minimum atomic E-state index is 0.913. The fourth-order valence-corrected chi connectivity index (χ4v) is 2.71. The second kappa shape index (κ2) is 10.3. The fraction of sp³-hybridized carbons (Fsp3) is 0.692. The average Bonchev–Trinajstić information content (AvgIpc) is 2.80. The maximum Gasteiger partial charge on any atom is 0.0469 e. The van der Waals surface area contributed by atoms with Crippen LogP contribution in [0.1, 0.15) is 37.0 Å². The Hall–Kier alpha value is 0.140. The molecule has 0 saturated carbocycles. The molecule has 0 aliphatic carbocycles. The van der Waals surface area contributed by atoms with E-state index >= 15 is 0 Å². The monoisotopic (exact) mass is 304 g/mol. The van der Waals surface area contributed by atoms with Gasteiger partial charge in [-0.2, -0.15) is 0 Å². The second-order valence-electron chi connectivity index (χ2n) is 3.90. The quantitative estimate of drug-likeness (QED) is 0.451. The van der Waals surface area contributed by atoms with Gasteiger partial charge in [-0.25, -0.2) is 0 Å². The van der Waals surface area contributed by atoms with Crippen molar-refractivity contribution in [1.82, 2.24) is 0 Å². The molecule has 92 valence electrons. The van der Waals surface area contributed by atoms with Gasteiger partial charge < -0.3 is 4.74 Å². The molecule has 0 fully saturated rings. The van der Waals surface area contributed by atoms with Crippen LogP contribution in [0, 0.1) is 0 Å². The first kappa shape index (κ1) is 14.2. The van der Waals surface area contributed by atoms with Crippen LogP contribution in [-0.4, -0.2) is 18.5 Å². The van der Waals surface area contributed by atoms with Crippen molar-refractivity contribution in [3.05, 3.63) is 22.4 Å². The number of ether oxygens (including phenoxy) is 1. The van der Waals surface area contributed by atoms with Gasteiger partial charge in [0.25, 0.3) is 0 Å². The smallest absolute Gasteiger partial charge is 0.0469 e. The molecule has 0 atom stereocenters. The van der Waals surface area contributed by atoms with E-state index in [1.165, 1.54) is 37.0 Å². The Morgan fingerprint density at radius 3 is 2.62 bits per heavy atom. The molecule has 1 rings (SSSR count). The molecule has 0 amide bonds. The Labute approximate surface area is 111 Å². The van der Waals surface area contributed by atoms with E-state index in [0.717, 1.165) is 25.0 Å². The zero-order chi connectivity index (χ0) is 11.5. The van der Waals surface area contributed by atoms with Crippen molar-refractivity contribution in [2.75, 3.05) is 18.5 Å². The number of halogens is 1. The van der Waals surface area contributed by atoms with Crippen LogP contribution in [0.15, 0.2) is 17.5 Å². The summed E-state index contributed by atoms with van der Waals surface area (Å²) in [6, 6.07) is 4.32. The highest BCUT2D eigenvalue weighted by atomic mass is 79.9. The average molecular weight is 305 g/mol. The third kappa shape index (κ3) is 7.42. The lowest BCUT2D eigenvalue weighted by Gasteiger charge is -2.03. The summed E-state index contributed by atoms with van der Waals surface area (Å²) >= 11 is 5.28. The third-order valence-electron chi connectivity index (χ3n) is 2.46. The summed E-state index contributed by atoms with van der Waals surface area (Å²) in [4.78, 5) is 1.47. The first-order chi connectivity index (χ1) is 7.93. The van der Waals surface area contributed by atoms with Crippen molar-refractivity contribution in [3.8, 4) is 0 Å². The minimum absolute atomic E-state index is 0.913. The minimum Gasteiger partial charge on any atom is -0.381 e. The Morgan fingerprint density at radius 2 is 1.88 bits per heavy atom. The summed E-state index contributed by atoms with van der Waals surface area (Å²) in [7, 11) is 0. The van der Waals surface area contributed by atoms with Gasteiger partial charge in [-0.15, -0.1) is 11.3 Å². The molecule has 1 aromatic heterocycles. The predicted octanol–water partition coefficient (Wildman–Crippen LogP) is 4.65. The molecule has 0 aliphatic heterocycles. The zero-order valence-electron chi connectivity index (χ0n) is 9.79. The molecule has 1 nitrogen and oxygen atoms in total. The molecule has 0 saturated heterocycles. The van der Waals surface area contributed by atoms with Crippen LogP contribution in [0.2, 0.25) is 0 Å². The lowest BCUT2D eigenvalue weighted by molar-refractivity contribution is 0.128. The Kier molecular flexibility index (Phi) is 9.15. The fourth-order valence-electron chi connectivity index (χ4n) is 1.56. The van der Waals surface area contributed by atoms with Gasteiger partial charge in [0.2, 0.25) is 0 Å². The van der Waals surface area contributed by atoms with Crippen LogP contribution < -0.4 is 0 Å². The van der Waals surface area contributed by atoms with Gasteiger partial charge in [0, 0.05) is 23.4 Å². The van der Waals surface area contributed by atoms with Crippen LogP contribution in [0.3, 0.4) is 0 Å². The van der Waals surface area contributed by atoms with Gasteiger partial charge in [0.05, 0.1) is 0 Å². The standard InChI is InChI=1S/C13H21BrOS/c14-9-3-1-2-4-10-15-11-5-7-13-8-6-12-16-13/h6,8,12H,1-5,7,9-11H2. The summed E-state index contributed by atoms with van der Waals surface area (Å²) < 4.78 is 5.61. The molecule has 1 aromatic rings. The Balaban J connectivity index is 1.78. The van der Waals surface area contributed by atoms with Crippen LogP contribution in [0.25, 0.3) is 0 Å². The largest absolute Gasteiger partial charge is 0.381 e. The van der Waals surface area contributed by atoms with E-state index in [1.54, 1.807) is 0 Å².